The van der Waals surface area contributed by atoms with E-state index < -0.39 is 17.7 Å². The number of ether oxygens (including phenoxy) is 1. The molecule has 0 aliphatic heterocycles. The topological polar surface area (TPSA) is 135 Å². The molecule has 138 valence electrons. The van der Waals surface area contributed by atoms with Gasteiger partial charge in [-0.15, -0.1) is 0 Å². The minimum absolute atomic E-state index is 0.0396. The molecule has 0 saturated heterocycles. The van der Waals surface area contributed by atoms with Gasteiger partial charge >= 0.3 is 5.97 Å². The Labute approximate surface area is 157 Å². The number of rotatable bonds is 5. The van der Waals surface area contributed by atoms with Crippen LogP contribution < -0.4 is 16.0 Å². The predicted molar refractivity (Wildman–Crippen MR) is 98.3 cm³/mol. The van der Waals surface area contributed by atoms with E-state index in [4.69, 9.17) is 22.2 Å². The third kappa shape index (κ3) is 3.12. The molecule has 0 unspecified atom stereocenters. The van der Waals surface area contributed by atoms with Gasteiger partial charge in [0.15, 0.2) is 0 Å². The van der Waals surface area contributed by atoms with Crippen molar-refractivity contribution < 1.29 is 24.2 Å². The third-order valence-electron chi connectivity index (χ3n) is 4.05. The predicted octanol–water partition coefficient (Wildman–Crippen LogP) is 2.36. The highest BCUT2D eigenvalue weighted by Gasteiger charge is 2.29. The summed E-state index contributed by atoms with van der Waals surface area (Å²) < 4.78 is 5.15. The van der Waals surface area contributed by atoms with Gasteiger partial charge in [-0.1, -0.05) is 17.7 Å². The summed E-state index contributed by atoms with van der Waals surface area (Å²) in [5.74, 6) is 2.57. The number of hydrogen-bond donors (Lipinski definition) is 4. The molecule has 3 aromatic rings. The molecule has 8 nitrogen and oxygen atoms in total. The van der Waals surface area contributed by atoms with Crippen LogP contribution in [0.5, 0.6) is 5.75 Å². The molecule has 9 heteroatoms. The SMILES string of the molecule is COc1cccc(C(=O)O)c1C(=O)c1[nH]c2ccc(Cl)cc2c1C(=O)NN. The number of H-pyrrole nitrogens is 1. The van der Waals surface area contributed by atoms with Crippen molar-refractivity contribution in [3.8, 4) is 5.75 Å². The number of halogens is 1. The average Bonchev–Trinajstić information content (AvgIpc) is 3.04. The number of hydrazine groups is 1. The first-order chi connectivity index (χ1) is 12.9. The molecule has 1 amide bonds. The van der Waals surface area contributed by atoms with E-state index in [-0.39, 0.29) is 28.1 Å². The van der Waals surface area contributed by atoms with Gasteiger partial charge in [0.25, 0.3) is 5.91 Å². The van der Waals surface area contributed by atoms with E-state index in [1.54, 1.807) is 12.1 Å². The van der Waals surface area contributed by atoms with Crippen molar-refractivity contribution in [3.05, 3.63) is 63.8 Å². The number of ketones is 1. The molecule has 0 saturated carbocycles. The lowest BCUT2D eigenvalue weighted by molar-refractivity contribution is 0.0692. The van der Waals surface area contributed by atoms with Crippen LogP contribution in [0, 0.1) is 0 Å². The Kier molecular flexibility index (Phi) is 4.85. The smallest absolute Gasteiger partial charge is 0.336 e. The monoisotopic (exact) mass is 387 g/mol. The summed E-state index contributed by atoms with van der Waals surface area (Å²) in [6.45, 7) is 0. The second-order valence-corrected chi connectivity index (χ2v) is 5.99. The zero-order valence-corrected chi connectivity index (χ0v) is 14.8. The van der Waals surface area contributed by atoms with Gasteiger partial charge in [0.05, 0.1) is 23.8 Å². The van der Waals surface area contributed by atoms with E-state index in [0.29, 0.717) is 15.9 Å². The molecule has 0 radical (unpaired) electrons. The molecule has 2 aromatic carbocycles. The van der Waals surface area contributed by atoms with E-state index >= 15 is 0 Å². The number of carbonyl (C=O) groups excluding carboxylic acids is 2. The van der Waals surface area contributed by atoms with Crippen LogP contribution in [0.4, 0.5) is 0 Å². The Morgan fingerprint density at radius 1 is 1.19 bits per heavy atom. The third-order valence-corrected chi connectivity index (χ3v) is 4.28. The van der Waals surface area contributed by atoms with Crippen molar-refractivity contribution >= 4 is 40.2 Å². The fourth-order valence-corrected chi connectivity index (χ4v) is 3.05. The van der Waals surface area contributed by atoms with Crippen LogP contribution in [0.2, 0.25) is 5.02 Å². The maximum Gasteiger partial charge on any atom is 0.336 e. The van der Waals surface area contributed by atoms with Gasteiger partial charge in [-0.2, -0.15) is 0 Å². The minimum Gasteiger partial charge on any atom is -0.496 e. The first kappa shape index (κ1) is 18.4. The molecule has 0 aliphatic carbocycles. The minimum atomic E-state index is -1.30. The standard InChI is InChI=1S/C18H14ClN3O5/c1-27-12-4-2-3-9(18(25)26)13(12)16(23)15-14(17(24)22-20)10-7-8(19)5-6-11(10)21-15/h2-7,21H,20H2,1H3,(H,22,24)(H,25,26). The lowest BCUT2D eigenvalue weighted by atomic mass is 9.97. The number of nitrogen functional groups attached to an aromatic ring is 1. The fraction of sp³-hybridized carbons (Fsp3) is 0.0556. The lowest BCUT2D eigenvalue weighted by Gasteiger charge is -2.11. The lowest BCUT2D eigenvalue weighted by Crippen LogP contribution is -2.31. The van der Waals surface area contributed by atoms with Crippen molar-refractivity contribution in [1.82, 2.24) is 10.4 Å². The van der Waals surface area contributed by atoms with Crippen molar-refractivity contribution in [2.24, 2.45) is 5.84 Å². The summed E-state index contributed by atoms with van der Waals surface area (Å²) in [5.41, 5.74) is 1.85. The van der Waals surface area contributed by atoms with Crippen LogP contribution in [-0.2, 0) is 0 Å². The molecule has 5 N–H and O–H groups in total. The van der Waals surface area contributed by atoms with Crippen LogP contribution in [0.15, 0.2) is 36.4 Å². The van der Waals surface area contributed by atoms with Crippen molar-refractivity contribution in [3.63, 3.8) is 0 Å². The Bertz CT molecular complexity index is 1090. The number of carboxylic acids is 1. The number of nitrogens with two attached hydrogens (primary N) is 1. The van der Waals surface area contributed by atoms with Gasteiger partial charge in [-0.25, -0.2) is 10.6 Å². The number of hydrogen-bond acceptors (Lipinski definition) is 5. The molecule has 0 aliphatic rings. The molecule has 1 aromatic heterocycles. The fourth-order valence-electron chi connectivity index (χ4n) is 2.88. The second-order valence-electron chi connectivity index (χ2n) is 5.56. The average molecular weight is 388 g/mol. The quantitative estimate of drug-likeness (QED) is 0.230. The Morgan fingerprint density at radius 3 is 2.56 bits per heavy atom. The Morgan fingerprint density at radius 2 is 1.93 bits per heavy atom. The molecule has 0 fully saturated rings. The van der Waals surface area contributed by atoms with E-state index in [1.807, 2.05) is 5.43 Å². The Balaban J connectivity index is 2.32. The molecule has 0 spiro atoms. The van der Waals surface area contributed by atoms with Gasteiger partial charge in [0.1, 0.15) is 11.4 Å². The van der Waals surface area contributed by atoms with Gasteiger partial charge in [-0.05, 0) is 30.3 Å². The Hall–Kier alpha value is -3.36. The molecule has 1 heterocycles. The number of benzene rings is 2. The van der Waals surface area contributed by atoms with Gasteiger partial charge < -0.3 is 14.8 Å². The zero-order chi connectivity index (χ0) is 19.7. The number of nitrogens with one attached hydrogen (secondary N) is 2. The molecule has 0 bridgehead atoms. The van der Waals surface area contributed by atoms with E-state index in [1.165, 1.54) is 31.4 Å². The highest BCUT2D eigenvalue weighted by molar-refractivity contribution is 6.32. The second kappa shape index (κ2) is 7.10. The number of amides is 1. The summed E-state index contributed by atoms with van der Waals surface area (Å²) in [7, 11) is 1.32. The molecule has 0 atom stereocenters. The van der Waals surface area contributed by atoms with Crippen molar-refractivity contribution in [2.75, 3.05) is 7.11 Å². The number of carboxylic acid groups (broad SMARTS) is 1. The number of carbonyl (C=O) groups is 3. The van der Waals surface area contributed by atoms with Crippen LogP contribution in [-0.4, -0.2) is 34.9 Å². The number of aromatic nitrogens is 1. The highest BCUT2D eigenvalue weighted by Crippen LogP contribution is 2.31. The van der Waals surface area contributed by atoms with Gasteiger partial charge in [-0.3, -0.25) is 15.0 Å². The first-order valence-electron chi connectivity index (χ1n) is 7.66. The van der Waals surface area contributed by atoms with Crippen LogP contribution in [0.25, 0.3) is 10.9 Å². The number of fused-ring (bicyclic) bond motifs is 1. The van der Waals surface area contributed by atoms with Gasteiger partial charge in [0.2, 0.25) is 5.78 Å². The first-order valence-corrected chi connectivity index (χ1v) is 8.04. The van der Waals surface area contributed by atoms with Gasteiger partial charge in [0, 0.05) is 15.9 Å². The summed E-state index contributed by atoms with van der Waals surface area (Å²) >= 11 is 6.00. The summed E-state index contributed by atoms with van der Waals surface area (Å²) in [5, 5.41) is 10.2. The van der Waals surface area contributed by atoms with Crippen LogP contribution in [0.3, 0.4) is 0 Å². The largest absolute Gasteiger partial charge is 0.496 e. The summed E-state index contributed by atoms with van der Waals surface area (Å²) in [6.07, 6.45) is 0. The van der Waals surface area contributed by atoms with E-state index in [2.05, 4.69) is 4.98 Å². The number of aromatic amines is 1. The zero-order valence-electron chi connectivity index (χ0n) is 14.0. The molecular weight excluding hydrogens is 374 g/mol. The summed E-state index contributed by atoms with van der Waals surface area (Å²) in [4.78, 5) is 40.0. The number of methoxy groups -OCH3 is 1. The maximum absolute atomic E-state index is 13.2. The normalized spacial score (nSPS) is 10.6. The summed E-state index contributed by atoms with van der Waals surface area (Å²) in [6, 6.07) is 8.89. The molecular formula is C18H14ClN3O5. The highest BCUT2D eigenvalue weighted by atomic mass is 35.5. The van der Waals surface area contributed by atoms with Crippen molar-refractivity contribution in [1.29, 1.82) is 0 Å². The van der Waals surface area contributed by atoms with Crippen LogP contribution in [0.1, 0.15) is 36.8 Å². The van der Waals surface area contributed by atoms with Crippen LogP contribution >= 0.6 is 11.6 Å². The molecule has 3 rings (SSSR count). The maximum atomic E-state index is 13.2. The molecule has 27 heavy (non-hydrogen) atoms. The van der Waals surface area contributed by atoms with E-state index in [0.717, 1.165) is 0 Å². The number of aromatic carboxylic acids is 1. The van der Waals surface area contributed by atoms with Crippen molar-refractivity contribution in [2.45, 2.75) is 0 Å². The van der Waals surface area contributed by atoms with E-state index in [9.17, 15) is 19.5 Å².